The van der Waals surface area contributed by atoms with Crippen LogP contribution in [-0.2, 0) is 0 Å². The summed E-state index contributed by atoms with van der Waals surface area (Å²) in [6, 6.07) is 7.35. The second kappa shape index (κ2) is 3.44. The van der Waals surface area contributed by atoms with Crippen LogP contribution in [0.3, 0.4) is 0 Å². The molecule has 2 aliphatic carbocycles. The first-order chi connectivity index (χ1) is 8.75. The van der Waals surface area contributed by atoms with Gasteiger partial charge >= 0.3 is 0 Å². The van der Waals surface area contributed by atoms with Crippen LogP contribution in [0.1, 0.15) is 46.4 Å². The average molecular weight is 241 g/mol. The number of rotatable bonds is 1. The van der Waals surface area contributed by atoms with Crippen molar-refractivity contribution in [2.75, 3.05) is 0 Å². The summed E-state index contributed by atoms with van der Waals surface area (Å²) in [5.41, 5.74) is 1.18. The van der Waals surface area contributed by atoms with Gasteiger partial charge in [-0.2, -0.15) is 0 Å². The van der Waals surface area contributed by atoms with E-state index in [4.69, 9.17) is 0 Å². The lowest BCUT2D eigenvalue weighted by atomic mass is 9.94. The molecule has 1 aromatic rings. The van der Waals surface area contributed by atoms with E-state index < -0.39 is 0 Å². The van der Waals surface area contributed by atoms with Crippen LogP contribution in [0.4, 0.5) is 0 Å². The average Bonchev–Trinajstić information content (AvgIpc) is 3.06. The highest BCUT2D eigenvalue weighted by Gasteiger charge is 2.49. The van der Waals surface area contributed by atoms with Gasteiger partial charge in [-0.05, 0) is 43.2 Å². The number of carbonyl (C=O) groups excluding carboxylic acids is 2. The zero-order valence-electron chi connectivity index (χ0n) is 10.1. The molecule has 1 aromatic carbocycles. The summed E-state index contributed by atoms with van der Waals surface area (Å²) in [6.45, 7) is 0. The van der Waals surface area contributed by atoms with Crippen molar-refractivity contribution in [3.8, 4) is 0 Å². The molecular formula is C15H15NO2. The van der Waals surface area contributed by atoms with E-state index in [-0.39, 0.29) is 17.9 Å². The summed E-state index contributed by atoms with van der Waals surface area (Å²) in [5, 5.41) is 0. The third-order valence-electron chi connectivity index (χ3n) is 4.86. The second-order valence-corrected chi connectivity index (χ2v) is 5.77. The molecule has 18 heavy (non-hydrogen) atoms. The van der Waals surface area contributed by atoms with Gasteiger partial charge in [0.1, 0.15) is 0 Å². The van der Waals surface area contributed by atoms with Gasteiger partial charge in [0.05, 0.1) is 11.1 Å². The normalized spacial score (nSPS) is 33.3. The molecule has 1 heterocycles. The van der Waals surface area contributed by atoms with E-state index in [9.17, 15) is 9.59 Å². The summed E-state index contributed by atoms with van der Waals surface area (Å²) >= 11 is 0. The topological polar surface area (TPSA) is 37.4 Å². The zero-order valence-corrected chi connectivity index (χ0v) is 10.1. The number of fused-ring (bicyclic) bond motifs is 3. The van der Waals surface area contributed by atoms with Crippen molar-refractivity contribution in [3.63, 3.8) is 0 Å². The molecule has 0 N–H and O–H groups in total. The lowest BCUT2D eigenvalue weighted by molar-refractivity contribution is 0.0530. The molecule has 2 bridgehead atoms. The van der Waals surface area contributed by atoms with E-state index in [1.165, 1.54) is 19.3 Å². The van der Waals surface area contributed by atoms with Crippen LogP contribution in [-0.4, -0.2) is 22.8 Å². The molecule has 0 spiro atoms. The van der Waals surface area contributed by atoms with E-state index >= 15 is 0 Å². The largest absolute Gasteiger partial charge is 0.271 e. The number of benzene rings is 1. The number of amides is 2. The highest BCUT2D eigenvalue weighted by atomic mass is 16.2. The Morgan fingerprint density at radius 2 is 1.61 bits per heavy atom. The summed E-state index contributed by atoms with van der Waals surface area (Å²) in [4.78, 5) is 26.3. The van der Waals surface area contributed by atoms with Gasteiger partial charge in [-0.25, -0.2) is 0 Å². The van der Waals surface area contributed by atoms with Crippen LogP contribution in [0, 0.1) is 11.8 Å². The van der Waals surface area contributed by atoms with Crippen molar-refractivity contribution in [3.05, 3.63) is 35.4 Å². The fraction of sp³-hybridized carbons (Fsp3) is 0.467. The Morgan fingerprint density at radius 3 is 2.11 bits per heavy atom. The molecule has 1 aliphatic heterocycles. The standard InChI is InChI=1S/C15H15NO2/c17-14-11-3-1-2-4-12(11)15(18)16(14)13-8-9-5-6-10(13)7-9/h1-4,9-10,13H,5-8H2/t9-,10-,13+/m0/s1. The Hall–Kier alpha value is -1.64. The molecule has 2 fully saturated rings. The van der Waals surface area contributed by atoms with Crippen molar-refractivity contribution < 1.29 is 9.59 Å². The third kappa shape index (κ3) is 1.19. The summed E-state index contributed by atoms with van der Waals surface area (Å²) < 4.78 is 0. The van der Waals surface area contributed by atoms with E-state index in [1.807, 2.05) is 12.1 Å². The molecule has 2 amide bonds. The number of hydrogen-bond donors (Lipinski definition) is 0. The van der Waals surface area contributed by atoms with Crippen LogP contribution in [0.2, 0.25) is 0 Å². The van der Waals surface area contributed by atoms with Crippen molar-refractivity contribution in [2.24, 2.45) is 11.8 Å². The summed E-state index contributed by atoms with van der Waals surface area (Å²) in [7, 11) is 0. The van der Waals surface area contributed by atoms with Crippen LogP contribution < -0.4 is 0 Å². The molecule has 3 aliphatic rings. The molecule has 0 saturated heterocycles. The third-order valence-corrected chi connectivity index (χ3v) is 4.86. The van der Waals surface area contributed by atoms with E-state index in [2.05, 4.69) is 0 Å². The minimum Gasteiger partial charge on any atom is -0.271 e. The first kappa shape index (κ1) is 10.3. The van der Waals surface area contributed by atoms with Crippen molar-refractivity contribution in [2.45, 2.75) is 31.7 Å². The number of nitrogens with zero attached hydrogens (tertiary/aromatic N) is 1. The molecular weight excluding hydrogens is 226 g/mol. The van der Waals surface area contributed by atoms with Crippen LogP contribution in [0.15, 0.2) is 24.3 Å². The second-order valence-electron chi connectivity index (χ2n) is 5.77. The Bertz CT molecular complexity index is 516. The summed E-state index contributed by atoms with van der Waals surface area (Å²) in [6.07, 6.45) is 4.70. The van der Waals surface area contributed by atoms with Gasteiger partial charge in [0, 0.05) is 6.04 Å². The molecule has 3 atom stereocenters. The Labute approximate surface area is 106 Å². The summed E-state index contributed by atoms with van der Waals surface area (Å²) in [5.74, 6) is 1.14. The molecule has 0 unspecified atom stereocenters. The highest BCUT2D eigenvalue weighted by molar-refractivity contribution is 6.21. The van der Waals surface area contributed by atoms with Crippen molar-refractivity contribution in [1.29, 1.82) is 0 Å². The fourth-order valence-electron chi connectivity index (χ4n) is 4.04. The maximum Gasteiger partial charge on any atom is 0.261 e. The quantitative estimate of drug-likeness (QED) is 0.708. The Morgan fingerprint density at radius 1 is 0.944 bits per heavy atom. The van der Waals surface area contributed by atoms with Gasteiger partial charge in [0.25, 0.3) is 11.8 Å². The van der Waals surface area contributed by atoms with Crippen molar-refractivity contribution >= 4 is 11.8 Å². The monoisotopic (exact) mass is 241 g/mol. The van der Waals surface area contributed by atoms with Gasteiger partial charge in [-0.15, -0.1) is 0 Å². The molecule has 0 radical (unpaired) electrons. The van der Waals surface area contributed by atoms with Gasteiger partial charge in [-0.3, -0.25) is 14.5 Å². The van der Waals surface area contributed by atoms with E-state index in [0.29, 0.717) is 17.0 Å². The Kier molecular flexibility index (Phi) is 1.97. The van der Waals surface area contributed by atoms with Gasteiger partial charge in [-0.1, -0.05) is 18.6 Å². The molecule has 3 nitrogen and oxygen atoms in total. The minimum absolute atomic E-state index is 0.0758. The first-order valence-corrected chi connectivity index (χ1v) is 6.72. The predicted octanol–water partition coefficient (Wildman–Crippen LogP) is 2.47. The zero-order chi connectivity index (χ0) is 12.3. The highest BCUT2D eigenvalue weighted by Crippen LogP contribution is 2.48. The van der Waals surface area contributed by atoms with Gasteiger partial charge in [0.15, 0.2) is 0 Å². The van der Waals surface area contributed by atoms with Crippen molar-refractivity contribution in [1.82, 2.24) is 4.90 Å². The fourth-order valence-corrected chi connectivity index (χ4v) is 4.04. The van der Waals surface area contributed by atoms with E-state index in [0.717, 1.165) is 12.3 Å². The number of hydrogen-bond acceptors (Lipinski definition) is 2. The van der Waals surface area contributed by atoms with Gasteiger partial charge in [0.2, 0.25) is 0 Å². The molecule has 4 rings (SSSR count). The maximum atomic E-state index is 12.4. The first-order valence-electron chi connectivity index (χ1n) is 6.72. The van der Waals surface area contributed by atoms with Crippen LogP contribution in [0.25, 0.3) is 0 Å². The lowest BCUT2D eigenvalue weighted by Gasteiger charge is -2.29. The van der Waals surface area contributed by atoms with Gasteiger partial charge < -0.3 is 0 Å². The van der Waals surface area contributed by atoms with Crippen LogP contribution in [0.5, 0.6) is 0 Å². The van der Waals surface area contributed by atoms with E-state index in [1.54, 1.807) is 17.0 Å². The molecule has 0 aromatic heterocycles. The maximum absolute atomic E-state index is 12.4. The minimum atomic E-state index is -0.0758. The lowest BCUT2D eigenvalue weighted by Crippen LogP contribution is -2.42. The number of imide groups is 1. The SMILES string of the molecule is O=C1c2ccccc2C(=O)N1[C@@H]1C[C@H]2CC[C@H]1C2. The predicted molar refractivity (Wildman–Crippen MR) is 66.2 cm³/mol. The molecule has 3 heteroatoms. The molecule has 2 saturated carbocycles. The molecule has 92 valence electrons. The smallest absolute Gasteiger partial charge is 0.261 e. The van der Waals surface area contributed by atoms with Crippen LogP contribution >= 0.6 is 0 Å². The Balaban J connectivity index is 1.72. The number of carbonyl (C=O) groups is 2.